The monoisotopic (exact) mass is 251 g/mol. The van der Waals surface area contributed by atoms with Gasteiger partial charge in [0.15, 0.2) is 0 Å². The number of hydrogen-bond acceptors (Lipinski definition) is 4. The van der Waals surface area contributed by atoms with Crippen molar-refractivity contribution >= 4 is 5.97 Å². The molecule has 1 aliphatic heterocycles. The second-order valence-corrected chi connectivity index (χ2v) is 4.55. The van der Waals surface area contributed by atoms with E-state index in [0.29, 0.717) is 25.4 Å². The Balaban J connectivity index is 1.88. The highest BCUT2D eigenvalue weighted by atomic mass is 16.5. The van der Waals surface area contributed by atoms with Gasteiger partial charge in [0.25, 0.3) is 0 Å². The van der Waals surface area contributed by atoms with Crippen molar-refractivity contribution in [3.63, 3.8) is 0 Å². The molecule has 1 saturated heterocycles. The molecule has 98 valence electrons. The number of carboxylic acid groups (broad SMARTS) is 1. The Morgan fingerprint density at radius 2 is 2.28 bits per heavy atom. The molecule has 1 atom stereocenters. The van der Waals surface area contributed by atoms with Crippen LogP contribution in [0.25, 0.3) is 0 Å². The van der Waals surface area contributed by atoms with Crippen molar-refractivity contribution in [2.24, 2.45) is 5.92 Å². The van der Waals surface area contributed by atoms with Crippen molar-refractivity contribution < 1.29 is 19.7 Å². The lowest BCUT2D eigenvalue weighted by molar-refractivity contribution is -0.148. The van der Waals surface area contributed by atoms with Gasteiger partial charge in [-0.2, -0.15) is 0 Å². The summed E-state index contributed by atoms with van der Waals surface area (Å²) in [6.45, 7) is 1.48. The van der Waals surface area contributed by atoms with E-state index in [1.54, 1.807) is 13.2 Å². The SMILES string of the molecule is COc1cccc(C(O)CN2CC(C(=O)O)C2)c1. The quantitative estimate of drug-likeness (QED) is 0.808. The normalized spacial score (nSPS) is 18.1. The Kier molecular flexibility index (Phi) is 3.84. The zero-order valence-electron chi connectivity index (χ0n) is 10.2. The first-order valence-corrected chi connectivity index (χ1v) is 5.87. The molecule has 1 fully saturated rings. The van der Waals surface area contributed by atoms with E-state index < -0.39 is 12.1 Å². The fourth-order valence-corrected chi connectivity index (χ4v) is 2.07. The van der Waals surface area contributed by atoms with Gasteiger partial charge in [-0.05, 0) is 17.7 Å². The van der Waals surface area contributed by atoms with Gasteiger partial charge in [-0.15, -0.1) is 0 Å². The van der Waals surface area contributed by atoms with E-state index in [1.807, 2.05) is 23.1 Å². The summed E-state index contributed by atoms with van der Waals surface area (Å²) in [6.07, 6.45) is -0.616. The number of likely N-dealkylation sites (tertiary alicyclic amines) is 1. The number of carbonyl (C=O) groups is 1. The Morgan fingerprint density at radius 1 is 1.56 bits per heavy atom. The zero-order valence-corrected chi connectivity index (χ0v) is 10.2. The standard InChI is InChI=1S/C13H17NO4/c1-18-11-4-2-3-9(5-11)12(15)8-14-6-10(7-14)13(16)17/h2-5,10,12,15H,6-8H2,1H3,(H,16,17). The fraction of sp³-hybridized carbons (Fsp3) is 0.462. The van der Waals surface area contributed by atoms with Gasteiger partial charge in [0.1, 0.15) is 5.75 Å². The zero-order chi connectivity index (χ0) is 13.1. The second kappa shape index (κ2) is 5.37. The molecule has 5 nitrogen and oxygen atoms in total. The minimum Gasteiger partial charge on any atom is -0.497 e. The maximum Gasteiger partial charge on any atom is 0.309 e. The van der Waals surface area contributed by atoms with Crippen LogP contribution in [-0.2, 0) is 4.79 Å². The molecule has 1 aliphatic rings. The predicted molar refractivity (Wildman–Crippen MR) is 65.5 cm³/mol. The van der Waals surface area contributed by atoms with Crippen molar-refractivity contribution in [3.8, 4) is 5.75 Å². The number of rotatable bonds is 5. The highest BCUT2D eigenvalue weighted by molar-refractivity contribution is 5.71. The van der Waals surface area contributed by atoms with Crippen LogP contribution in [0.4, 0.5) is 0 Å². The van der Waals surface area contributed by atoms with Crippen molar-refractivity contribution in [1.82, 2.24) is 4.90 Å². The van der Waals surface area contributed by atoms with Crippen LogP contribution >= 0.6 is 0 Å². The van der Waals surface area contributed by atoms with Crippen molar-refractivity contribution in [2.45, 2.75) is 6.10 Å². The molecular formula is C13H17NO4. The van der Waals surface area contributed by atoms with E-state index in [0.717, 1.165) is 5.56 Å². The van der Waals surface area contributed by atoms with Crippen LogP contribution in [0.5, 0.6) is 5.75 Å². The molecule has 2 N–H and O–H groups in total. The molecule has 2 rings (SSSR count). The molecule has 0 aliphatic carbocycles. The van der Waals surface area contributed by atoms with E-state index in [1.165, 1.54) is 0 Å². The number of benzene rings is 1. The summed E-state index contributed by atoms with van der Waals surface area (Å²) in [5.74, 6) is -0.344. The lowest BCUT2D eigenvalue weighted by Gasteiger charge is -2.37. The number of carboxylic acids is 1. The van der Waals surface area contributed by atoms with Crippen molar-refractivity contribution in [1.29, 1.82) is 0 Å². The predicted octanol–water partition coefficient (Wildman–Crippen LogP) is 0.745. The molecule has 0 aromatic heterocycles. The molecule has 1 aromatic rings. The number of aliphatic carboxylic acids is 1. The number of aliphatic hydroxyl groups excluding tert-OH is 1. The summed E-state index contributed by atoms with van der Waals surface area (Å²) in [5.41, 5.74) is 0.785. The largest absolute Gasteiger partial charge is 0.497 e. The maximum atomic E-state index is 10.7. The first-order chi connectivity index (χ1) is 8.60. The van der Waals surface area contributed by atoms with Gasteiger partial charge >= 0.3 is 5.97 Å². The van der Waals surface area contributed by atoms with Gasteiger partial charge < -0.3 is 14.9 Å². The molecule has 0 spiro atoms. The summed E-state index contributed by atoms with van der Waals surface area (Å²) in [4.78, 5) is 12.6. The summed E-state index contributed by atoms with van der Waals surface area (Å²) in [5, 5.41) is 18.8. The van der Waals surface area contributed by atoms with Crippen LogP contribution in [0, 0.1) is 5.92 Å². The minimum absolute atomic E-state index is 0.289. The topological polar surface area (TPSA) is 70.0 Å². The lowest BCUT2D eigenvalue weighted by Crippen LogP contribution is -2.51. The third-order valence-electron chi connectivity index (χ3n) is 3.22. The van der Waals surface area contributed by atoms with Crippen LogP contribution in [-0.4, -0.2) is 47.8 Å². The number of ether oxygens (including phenoxy) is 1. The molecule has 18 heavy (non-hydrogen) atoms. The average molecular weight is 251 g/mol. The average Bonchev–Trinajstić information content (AvgIpc) is 2.32. The van der Waals surface area contributed by atoms with Crippen LogP contribution in [0.15, 0.2) is 24.3 Å². The lowest BCUT2D eigenvalue weighted by atomic mass is 9.99. The highest BCUT2D eigenvalue weighted by Gasteiger charge is 2.33. The first-order valence-electron chi connectivity index (χ1n) is 5.87. The summed E-state index contributed by atoms with van der Waals surface area (Å²) in [7, 11) is 1.58. The Labute approximate surface area is 106 Å². The molecule has 1 unspecified atom stereocenters. The molecule has 1 aromatic carbocycles. The number of β-amino-alcohol motifs (C(OH)–C–C–N with tert-alkyl or cyclic N) is 1. The molecule has 0 saturated carbocycles. The Bertz CT molecular complexity index is 429. The van der Waals surface area contributed by atoms with E-state index in [-0.39, 0.29) is 5.92 Å². The Morgan fingerprint density at radius 3 is 2.89 bits per heavy atom. The molecule has 1 heterocycles. The minimum atomic E-state index is -0.762. The number of hydrogen-bond donors (Lipinski definition) is 2. The van der Waals surface area contributed by atoms with Gasteiger partial charge in [0.05, 0.1) is 19.1 Å². The molecule has 5 heteroatoms. The van der Waals surface area contributed by atoms with E-state index in [2.05, 4.69) is 0 Å². The summed E-state index contributed by atoms with van der Waals surface area (Å²) < 4.78 is 5.10. The number of nitrogens with zero attached hydrogens (tertiary/aromatic N) is 1. The Hall–Kier alpha value is -1.59. The van der Waals surface area contributed by atoms with Crippen molar-refractivity contribution in [3.05, 3.63) is 29.8 Å². The molecule has 0 bridgehead atoms. The van der Waals surface area contributed by atoms with Crippen LogP contribution in [0.2, 0.25) is 0 Å². The van der Waals surface area contributed by atoms with Crippen LogP contribution in [0.1, 0.15) is 11.7 Å². The third-order valence-corrected chi connectivity index (χ3v) is 3.22. The maximum absolute atomic E-state index is 10.7. The van der Waals surface area contributed by atoms with Gasteiger partial charge in [0.2, 0.25) is 0 Å². The summed E-state index contributed by atoms with van der Waals surface area (Å²) in [6, 6.07) is 7.27. The smallest absolute Gasteiger partial charge is 0.309 e. The van der Waals surface area contributed by atoms with Gasteiger partial charge in [-0.3, -0.25) is 9.69 Å². The van der Waals surface area contributed by atoms with E-state index in [9.17, 15) is 9.90 Å². The van der Waals surface area contributed by atoms with Gasteiger partial charge in [0, 0.05) is 19.6 Å². The number of methoxy groups -OCH3 is 1. The van der Waals surface area contributed by atoms with Crippen LogP contribution in [0.3, 0.4) is 0 Å². The fourth-order valence-electron chi connectivity index (χ4n) is 2.07. The van der Waals surface area contributed by atoms with E-state index >= 15 is 0 Å². The first kappa shape index (κ1) is 12.9. The van der Waals surface area contributed by atoms with E-state index in [4.69, 9.17) is 9.84 Å². The van der Waals surface area contributed by atoms with Gasteiger partial charge in [-0.25, -0.2) is 0 Å². The van der Waals surface area contributed by atoms with Crippen LogP contribution < -0.4 is 4.74 Å². The third kappa shape index (κ3) is 2.80. The summed E-state index contributed by atoms with van der Waals surface area (Å²) >= 11 is 0. The van der Waals surface area contributed by atoms with Gasteiger partial charge in [-0.1, -0.05) is 12.1 Å². The van der Waals surface area contributed by atoms with Crippen molar-refractivity contribution in [2.75, 3.05) is 26.7 Å². The second-order valence-electron chi connectivity index (χ2n) is 4.55. The molecule has 0 amide bonds. The number of aliphatic hydroxyl groups is 1. The highest BCUT2D eigenvalue weighted by Crippen LogP contribution is 2.23. The molecule has 0 radical (unpaired) electrons. The molecular weight excluding hydrogens is 234 g/mol.